The van der Waals surface area contributed by atoms with Crippen LogP contribution in [0.1, 0.15) is 10.4 Å². The molecule has 0 aliphatic rings. The van der Waals surface area contributed by atoms with Gasteiger partial charge in [-0.05, 0) is 30.3 Å². The van der Waals surface area contributed by atoms with Crippen molar-refractivity contribution in [1.29, 1.82) is 0 Å². The first-order valence-corrected chi connectivity index (χ1v) is 6.09. The Morgan fingerprint density at radius 3 is 2.53 bits per heavy atom. The van der Waals surface area contributed by atoms with Crippen LogP contribution in [0.2, 0.25) is 0 Å². The van der Waals surface area contributed by atoms with Crippen molar-refractivity contribution in [2.45, 2.75) is 9.79 Å². The van der Waals surface area contributed by atoms with Crippen molar-refractivity contribution in [2.24, 2.45) is 0 Å². The molecule has 0 amide bonds. The van der Waals surface area contributed by atoms with Gasteiger partial charge < -0.3 is 0 Å². The molecule has 0 saturated heterocycles. The maximum atomic E-state index is 13.0. The monoisotopic (exact) mass is 277 g/mol. The number of halogens is 1. The van der Waals surface area contributed by atoms with Crippen molar-refractivity contribution < 1.29 is 14.1 Å². The van der Waals surface area contributed by atoms with Crippen molar-refractivity contribution in [3.8, 4) is 0 Å². The van der Waals surface area contributed by atoms with E-state index in [9.17, 15) is 19.3 Å². The molecule has 0 bridgehead atoms. The number of carbonyl (C=O) groups is 1. The highest BCUT2D eigenvalue weighted by Gasteiger charge is 2.13. The van der Waals surface area contributed by atoms with Gasteiger partial charge in [-0.25, -0.2) is 4.39 Å². The fourth-order valence-corrected chi connectivity index (χ4v) is 2.44. The summed E-state index contributed by atoms with van der Waals surface area (Å²) in [4.78, 5) is 22.2. The Morgan fingerprint density at radius 2 is 1.89 bits per heavy atom. The molecule has 4 nitrogen and oxygen atoms in total. The molecule has 2 aromatic carbocycles. The summed E-state index contributed by atoms with van der Waals surface area (Å²) in [6, 6.07) is 10.2. The molecule has 0 spiro atoms. The van der Waals surface area contributed by atoms with E-state index in [2.05, 4.69) is 0 Å². The largest absolute Gasteiger partial charge is 0.298 e. The third kappa shape index (κ3) is 3.17. The van der Waals surface area contributed by atoms with Gasteiger partial charge >= 0.3 is 0 Å². The van der Waals surface area contributed by atoms with Crippen LogP contribution in [0.3, 0.4) is 0 Å². The Kier molecular flexibility index (Phi) is 3.91. The maximum absolute atomic E-state index is 13.0. The molecular weight excluding hydrogens is 269 g/mol. The molecule has 0 fully saturated rings. The number of nitro groups is 1. The second-order valence-corrected chi connectivity index (χ2v) is 4.80. The molecule has 0 aliphatic carbocycles. The molecule has 0 heterocycles. The van der Waals surface area contributed by atoms with Crippen LogP contribution in [0.5, 0.6) is 0 Å². The summed E-state index contributed by atoms with van der Waals surface area (Å²) in [6.07, 6.45) is 0.438. The molecule has 0 unspecified atom stereocenters. The molecule has 0 atom stereocenters. The molecule has 19 heavy (non-hydrogen) atoms. The van der Waals surface area contributed by atoms with E-state index in [0.717, 1.165) is 0 Å². The van der Waals surface area contributed by atoms with Crippen LogP contribution < -0.4 is 0 Å². The minimum atomic E-state index is -0.611. The van der Waals surface area contributed by atoms with E-state index in [1.54, 1.807) is 12.1 Å². The van der Waals surface area contributed by atoms with Crippen molar-refractivity contribution in [2.75, 3.05) is 0 Å². The highest BCUT2D eigenvalue weighted by atomic mass is 32.2. The van der Waals surface area contributed by atoms with E-state index in [1.165, 1.54) is 42.1 Å². The maximum Gasteiger partial charge on any atom is 0.279 e. The van der Waals surface area contributed by atoms with Crippen LogP contribution in [-0.2, 0) is 0 Å². The van der Waals surface area contributed by atoms with Crippen molar-refractivity contribution in [1.82, 2.24) is 0 Å². The highest BCUT2D eigenvalue weighted by Crippen LogP contribution is 2.30. The van der Waals surface area contributed by atoms with Gasteiger partial charge in [-0.2, -0.15) is 0 Å². The number of carbonyl (C=O) groups excluding carboxylic acids is 1. The summed E-state index contributed by atoms with van der Waals surface area (Å²) < 4.78 is 13.0. The first-order valence-electron chi connectivity index (χ1n) is 5.27. The molecule has 2 rings (SSSR count). The number of aldehydes is 1. The normalized spacial score (nSPS) is 10.2. The van der Waals surface area contributed by atoms with E-state index in [4.69, 9.17) is 0 Å². The summed E-state index contributed by atoms with van der Waals surface area (Å²) in [5.74, 6) is -0.359. The fraction of sp³-hybridized carbons (Fsp3) is 0. The summed E-state index contributed by atoms with van der Waals surface area (Å²) in [7, 11) is 0. The van der Waals surface area contributed by atoms with Crippen LogP contribution in [0.4, 0.5) is 10.1 Å². The lowest BCUT2D eigenvalue weighted by Crippen LogP contribution is -1.94. The minimum Gasteiger partial charge on any atom is -0.298 e. The summed E-state index contributed by atoms with van der Waals surface area (Å²) in [5, 5.41) is 10.7. The zero-order valence-corrected chi connectivity index (χ0v) is 10.4. The lowest BCUT2D eigenvalue weighted by atomic mass is 10.2. The van der Waals surface area contributed by atoms with Gasteiger partial charge in [-0.3, -0.25) is 14.9 Å². The Labute approximate surface area is 112 Å². The highest BCUT2D eigenvalue weighted by molar-refractivity contribution is 7.99. The second kappa shape index (κ2) is 5.62. The van der Waals surface area contributed by atoms with Gasteiger partial charge in [0.2, 0.25) is 0 Å². The smallest absolute Gasteiger partial charge is 0.279 e. The molecule has 0 aliphatic heterocycles. The quantitative estimate of drug-likeness (QED) is 0.485. The van der Waals surface area contributed by atoms with Gasteiger partial charge in [0.25, 0.3) is 5.69 Å². The van der Waals surface area contributed by atoms with E-state index in [-0.39, 0.29) is 17.1 Å². The van der Waals surface area contributed by atoms with Gasteiger partial charge in [0.1, 0.15) is 5.82 Å². The summed E-state index contributed by atoms with van der Waals surface area (Å²) >= 11 is 1.23. The first-order chi connectivity index (χ1) is 9.10. The average molecular weight is 277 g/mol. The fourth-order valence-electron chi connectivity index (χ4n) is 1.52. The Morgan fingerprint density at radius 1 is 1.16 bits per heavy atom. The van der Waals surface area contributed by atoms with Gasteiger partial charge in [0.05, 0.1) is 10.5 Å². The molecule has 96 valence electrons. The summed E-state index contributed by atoms with van der Waals surface area (Å²) in [5.41, 5.74) is -0.231. The predicted molar refractivity (Wildman–Crippen MR) is 69.0 cm³/mol. The number of hydrogen-bond donors (Lipinski definition) is 0. The van der Waals surface area contributed by atoms with Crippen LogP contribution in [0.25, 0.3) is 0 Å². The summed E-state index contributed by atoms with van der Waals surface area (Å²) in [6.45, 7) is 0. The third-order valence-electron chi connectivity index (χ3n) is 2.35. The third-order valence-corrected chi connectivity index (χ3v) is 3.33. The average Bonchev–Trinajstić information content (AvgIpc) is 2.38. The van der Waals surface area contributed by atoms with E-state index >= 15 is 0 Å². The molecule has 6 heteroatoms. The van der Waals surface area contributed by atoms with Gasteiger partial charge in [-0.15, -0.1) is 0 Å². The zero-order chi connectivity index (χ0) is 13.8. The van der Waals surface area contributed by atoms with E-state index in [1.807, 2.05) is 0 Å². The van der Waals surface area contributed by atoms with Crippen molar-refractivity contribution in [3.05, 3.63) is 64.0 Å². The molecule has 0 N–H and O–H groups in total. The molecule has 2 aromatic rings. The standard InChI is InChI=1S/C13H8FNO3S/c14-10-2-1-3-11(7-10)19-12-4-5-13(15(17)18)9(6-12)8-16/h1-8H. The molecule has 0 aromatic heterocycles. The van der Waals surface area contributed by atoms with Crippen LogP contribution >= 0.6 is 11.8 Å². The zero-order valence-electron chi connectivity index (χ0n) is 9.58. The minimum absolute atomic E-state index is 0.00593. The van der Waals surface area contributed by atoms with E-state index in [0.29, 0.717) is 16.1 Å². The van der Waals surface area contributed by atoms with Gasteiger partial charge in [0, 0.05) is 15.9 Å². The lowest BCUT2D eigenvalue weighted by molar-refractivity contribution is -0.385. The SMILES string of the molecule is O=Cc1cc(Sc2cccc(F)c2)ccc1[N+](=O)[O-]. The number of nitro benzene ring substituents is 1. The number of hydrogen-bond acceptors (Lipinski definition) is 4. The van der Waals surface area contributed by atoms with E-state index < -0.39 is 4.92 Å². The predicted octanol–water partition coefficient (Wildman–Crippen LogP) is 3.70. The van der Waals surface area contributed by atoms with Crippen molar-refractivity contribution >= 4 is 23.7 Å². The van der Waals surface area contributed by atoms with Crippen molar-refractivity contribution in [3.63, 3.8) is 0 Å². The van der Waals surface area contributed by atoms with Crippen LogP contribution in [0, 0.1) is 15.9 Å². The van der Waals surface area contributed by atoms with Gasteiger partial charge in [0.15, 0.2) is 6.29 Å². The molecule has 0 saturated carbocycles. The lowest BCUT2D eigenvalue weighted by Gasteiger charge is -2.03. The molecule has 0 radical (unpaired) electrons. The first kappa shape index (κ1) is 13.2. The molecular formula is C13H8FNO3S. The van der Waals surface area contributed by atoms with Crippen LogP contribution in [-0.4, -0.2) is 11.2 Å². The number of rotatable bonds is 4. The second-order valence-electron chi connectivity index (χ2n) is 3.66. The Bertz CT molecular complexity index is 646. The Hall–Kier alpha value is -2.21. The van der Waals surface area contributed by atoms with Crippen LogP contribution in [0.15, 0.2) is 52.3 Å². The topological polar surface area (TPSA) is 60.2 Å². The number of nitrogens with zero attached hydrogens (tertiary/aromatic N) is 1. The Balaban J connectivity index is 2.31. The number of benzene rings is 2. The van der Waals surface area contributed by atoms with Gasteiger partial charge in [-0.1, -0.05) is 17.8 Å².